The number of nitrogens with one attached hydrogen (secondary N) is 1. The molecule has 17 heavy (non-hydrogen) atoms. The maximum atomic E-state index is 3.91. The number of fused-ring (bicyclic) bond motifs is 1. The van der Waals surface area contributed by atoms with Crippen LogP contribution in [0.1, 0.15) is 24.9 Å². The van der Waals surface area contributed by atoms with E-state index in [0.29, 0.717) is 0 Å². The molecule has 0 heterocycles. The fourth-order valence-electron chi connectivity index (χ4n) is 2.04. The van der Waals surface area contributed by atoms with Crippen molar-refractivity contribution >= 4 is 10.8 Å². The van der Waals surface area contributed by atoms with Crippen molar-refractivity contribution in [3.8, 4) is 0 Å². The smallest absolute Gasteiger partial charge is 0.0503 e. The monoisotopic (exact) mass is 225 g/mol. The lowest BCUT2D eigenvalue weighted by Crippen LogP contribution is -2.20. The lowest BCUT2D eigenvalue weighted by atomic mass is 10.0. The molecule has 1 N–H and O–H groups in total. The first-order valence-electron chi connectivity index (χ1n) is 6.19. The summed E-state index contributed by atoms with van der Waals surface area (Å²) in [5.74, 6) is 0. The maximum absolute atomic E-state index is 3.91. The van der Waals surface area contributed by atoms with E-state index in [0.717, 1.165) is 13.0 Å². The summed E-state index contributed by atoms with van der Waals surface area (Å²) < 4.78 is 0. The summed E-state index contributed by atoms with van der Waals surface area (Å²) in [4.78, 5) is 0. The number of benzene rings is 2. The second-order valence-corrected chi connectivity index (χ2v) is 4.27. The molecule has 0 bridgehead atoms. The fourth-order valence-corrected chi connectivity index (χ4v) is 2.04. The Morgan fingerprint density at radius 3 is 2.65 bits per heavy atom. The van der Waals surface area contributed by atoms with Gasteiger partial charge in [-0.3, -0.25) is 0 Å². The minimum atomic E-state index is 0.250. The number of hydrogen-bond donors (Lipinski definition) is 1. The van der Waals surface area contributed by atoms with Crippen LogP contribution in [0.15, 0.2) is 55.1 Å². The summed E-state index contributed by atoms with van der Waals surface area (Å²) in [5, 5.41) is 6.06. The molecule has 0 amide bonds. The van der Waals surface area contributed by atoms with Crippen molar-refractivity contribution in [1.82, 2.24) is 5.32 Å². The summed E-state index contributed by atoms with van der Waals surface area (Å²) in [6, 6.07) is 15.3. The van der Waals surface area contributed by atoms with Gasteiger partial charge in [-0.1, -0.05) is 49.4 Å². The Bertz CT molecular complexity index is 502. The van der Waals surface area contributed by atoms with Crippen LogP contribution < -0.4 is 5.32 Å². The zero-order valence-electron chi connectivity index (χ0n) is 10.3. The molecular weight excluding hydrogens is 206 g/mol. The van der Waals surface area contributed by atoms with E-state index >= 15 is 0 Å². The van der Waals surface area contributed by atoms with Crippen molar-refractivity contribution in [2.75, 3.05) is 6.54 Å². The van der Waals surface area contributed by atoms with Crippen LogP contribution in [0.4, 0.5) is 0 Å². The van der Waals surface area contributed by atoms with Gasteiger partial charge in [-0.05, 0) is 35.4 Å². The van der Waals surface area contributed by atoms with E-state index in [4.69, 9.17) is 0 Å². The summed E-state index contributed by atoms with van der Waals surface area (Å²) >= 11 is 0. The van der Waals surface area contributed by atoms with Crippen molar-refractivity contribution in [3.05, 3.63) is 60.7 Å². The minimum absolute atomic E-state index is 0.250. The molecular formula is C16H19N. The molecule has 1 nitrogen and oxygen atoms in total. The molecule has 88 valence electrons. The third kappa shape index (κ3) is 2.75. The van der Waals surface area contributed by atoms with Gasteiger partial charge in [0.1, 0.15) is 0 Å². The average Bonchev–Trinajstić information content (AvgIpc) is 2.39. The van der Waals surface area contributed by atoms with E-state index in [1.807, 2.05) is 6.08 Å². The van der Waals surface area contributed by atoms with Gasteiger partial charge in [0.2, 0.25) is 0 Å². The van der Waals surface area contributed by atoms with Crippen molar-refractivity contribution in [1.29, 1.82) is 0 Å². The van der Waals surface area contributed by atoms with Gasteiger partial charge in [-0.25, -0.2) is 0 Å². The highest BCUT2D eigenvalue weighted by atomic mass is 14.9. The topological polar surface area (TPSA) is 12.0 Å². The standard InChI is InChI=1S/C16H19N/c1-3-11-17-16(4-2)15-10-9-13-7-5-6-8-14(13)12-15/h4-10,12,16-17H,2-3,11H2,1H3. The highest BCUT2D eigenvalue weighted by molar-refractivity contribution is 5.83. The first-order chi connectivity index (χ1) is 8.35. The zero-order chi connectivity index (χ0) is 12.1. The molecule has 0 aliphatic rings. The van der Waals surface area contributed by atoms with Crippen LogP contribution >= 0.6 is 0 Å². The molecule has 2 aromatic carbocycles. The molecule has 0 radical (unpaired) electrons. The van der Waals surface area contributed by atoms with Crippen LogP contribution in [0.25, 0.3) is 10.8 Å². The molecule has 0 aromatic heterocycles. The Balaban J connectivity index is 2.30. The largest absolute Gasteiger partial charge is 0.307 e. The molecule has 0 aliphatic heterocycles. The molecule has 1 unspecified atom stereocenters. The normalized spacial score (nSPS) is 12.5. The predicted molar refractivity (Wildman–Crippen MR) is 75.2 cm³/mol. The van der Waals surface area contributed by atoms with Gasteiger partial charge < -0.3 is 5.32 Å². The van der Waals surface area contributed by atoms with Gasteiger partial charge >= 0.3 is 0 Å². The number of hydrogen-bond acceptors (Lipinski definition) is 1. The van der Waals surface area contributed by atoms with Gasteiger partial charge in [-0.2, -0.15) is 0 Å². The van der Waals surface area contributed by atoms with E-state index < -0.39 is 0 Å². The Hall–Kier alpha value is -1.60. The second kappa shape index (κ2) is 5.65. The lowest BCUT2D eigenvalue weighted by Gasteiger charge is -2.15. The van der Waals surface area contributed by atoms with Crippen molar-refractivity contribution in [2.24, 2.45) is 0 Å². The Labute approximate surface area is 103 Å². The molecule has 2 rings (SSSR count). The summed E-state index contributed by atoms with van der Waals surface area (Å²) in [6.45, 7) is 7.10. The Morgan fingerprint density at radius 2 is 1.94 bits per heavy atom. The second-order valence-electron chi connectivity index (χ2n) is 4.27. The summed E-state index contributed by atoms with van der Waals surface area (Å²) in [6.07, 6.45) is 3.11. The molecule has 0 saturated heterocycles. The van der Waals surface area contributed by atoms with Gasteiger partial charge in [-0.15, -0.1) is 6.58 Å². The van der Waals surface area contributed by atoms with Crippen LogP contribution in [0.5, 0.6) is 0 Å². The first kappa shape index (κ1) is 11.9. The van der Waals surface area contributed by atoms with Crippen molar-refractivity contribution < 1.29 is 0 Å². The van der Waals surface area contributed by atoms with Crippen LogP contribution in [0.3, 0.4) is 0 Å². The third-order valence-corrected chi connectivity index (χ3v) is 2.98. The highest BCUT2D eigenvalue weighted by Crippen LogP contribution is 2.20. The zero-order valence-corrected chi connectivity index (χ0v) is 10.3. The summed E-state index contributed by atoms with van der Waals surface area (Å²) in [7, 11) is 0. The van der Waals surface area contributed by atoms with E-state index in [1.165, 1.54) is 16.3 Å². The van der Waals surface area contributed by atoms with Gasteiger partial charge in [0.05, 0.1) is 6.04 Å². The van der Waals surface area contributed by atoms with Crippen molar-refractivity contribution in [2.45, 2.75) is 19.4 Å². The maximum Gasteiger partial charge on any atom is 0.0503 e. The van der Waals surface area contributed by atoms with E-state index in [2.05, 4.69) is 61.3 Å². The number of rotatable bonds is 5. The molecule has 0 spiro atoms. The SMILES string of the molecule is C=CC(NCCC)c1ccc2ccccc2c1. The molecule has 0 aliphatic carbocycles. The van der Waals surface area contributed by atoms with Gasteiger partial charge in [0.25, 0.3) is 0 Å². The molecule has 0 fully saturated rings. The van der Waals surface area contributed by atoms with E-state index in [9.17, 15) is 0 Å². The quantitative estimate of drug-likeness (QED) is 0.756. The van der Waals surface area contributed by atoms with Crippen molar-refractivity contribution in [3.63, 3.8) is 0 Å². The molecule has 1 heteroatoms. The molecule has 0 saturated carbocycles. The van der Waals surface area contributed by atoms with Crippen LogP contribution in [-0.2, 0) is 0 Å². The Morgan fingerprint density at radius 1 is 1.18 bits per heavy atom. The van der Waals surface area contributed by atoms with Gasteiger partial charge in [0, 0.05) is 0 Å². The molecule has 1 atom stereocenters. The van der Waals surface area contributed by atoms with Crippen LogP contribution in [0, 0.1) is 0 Å². The third-order valence-electron chi connectivity index (χ3n) is 2.98. The predicted octanol–water partition coefficient (Wildman–Crippen LogP) is 4.07. The van der Waals surface area contributed by atoms with E-state index in [-0.39, 0.29) is 6.04 Å². The fraction of sp³-hybridized carbons (Fsp3) is 0.250. The molecule has 2 aromatic rings. The average molecular weight is 225 g/mol. The Kier molecular flexibility index (Phi) is 3.94. The van der Waals surface area contributed by atoms with Gasteiger partial charge in [0.15, 0.2) is 0 Å². The van der Waals surface area contributed by atoms with E-state index in [1.54, 1.807) is 0 Å². The highest BCUT2D eigenvalue weighted by Gasteiger charge is 2.06. The van der Waals surface area contributed by atoms with Crippen LogP contribution in [-0.4, -0.2) is 6.54 Å². The summed E-state index contributed by atoms with van der Waals surface area (Å²) in [5.41, 5.74) is 1.28. The van der Waals surface area contributed by atoms with Crippen LogP contribution in [0.2, 0.25) is 0 Å². The minimum Gasteiger partial charge on any atom is -0.307 e. The lowest BCUT2D eigenvalue weighted by molar-refractivity contribution is 0.614. The first-order valence-corrected chi connectivity index (χ1v) is 6.19.